The summed E-state index contributed by atoms with van der Waals surface area (Å²) in [5.41, 5.74) is 4.69. The molecule has 1 aromatic heterocycles. The second kappa shape index (κ2) is 7.80. The Morgan fingerprint density at radius 1 is 0.938 bits per heavy atom. The number of nitrogens with zero attached hydrogens (tertiary/aromatic N) is 2. The maximum absolute atomic E-state index is 13.7. The molecule has 1 N–H and O–H groups in total. The number of aryl methyl sites for hydroxylation is 1. The summed E-state index contributed by atoms with van der Waals surface area (Å²) >= 11 is 0. The first-order valence-corrected chi connectivity index (χ1v) is 12.0. The van der Waals surface area contributed by atoms with E-state index in [-0.39, 0.29) is 36.5 Å². The van der Waals surface area contributed by atoms with Crippen molar-refractivity contribution in [1.82, 2.24) is 14.8 Å². The quantitative estimate of drug-likeness (QED) is 0.672. The molecule has 6 rings (SSSR count). The van der Waals surface area contributed by atoms with E-state index in [1.807, 2.05) is 21.9 Å². The Bertz CT molecular complexity index is 1160. The molecule has 2 fully saturated rings. The summed E-state index contributed by atoms with van der Waals surface area (Å²) in [5, 5.41) is 1.19. The Labute approximate surface area is 188 Å². The third kappa shape index (κ3) is 3.14. The van der Waals surface area contributed by atoms with Crippen molar-refractivity contribution < 1.29 is 9.59 Å². The number of carbonyl (C=O) groups excluding carboxylic acids is 2. The van der Waals surface area contributed by atoms with Crippen molar-refractivity contribution in [2.24, 2.45) is 0 Å². The Morgan fingerprint density at radius 2 is 1.69 bits per heavy atom. The fourth-order valence-corrected chi connectivity index (χ4v) is 6.18. The van der Waals surface area contributed by atoms with Gasteiger partial charge in [0.05, 0.1) is 6.04 Å². The molecule has 0 radical (unpaired) electrons. The number of amides is 2. The predicted octanol–water partition coefficient (Wildman–Crippen LogP) is 4.38. The highest BCUT2D eigenvalue weighted by Crippen LogP contribution is 2.42. The molecule has 32 heavy (non-hydrogen) atoms. The molecule has 1 saturated heterocycles. The lowest BCUT2D eigenvalue weighted by Gasteiger charge is -2.48. The fraction of sp³-hybridized carbons (Fsp3) is 0.407. The molecule has 164 valence electrons. The zero-order valence-corrected chi connectivity index (χ0v) is 18.3. The Balaban J connectivity index is 1.40. The number of rotatable bonds is 4. The number of benzene rings is 2. The van der Waals surface area contributed by atoms with Crippen molar-refractivity contribution in [2.75, 3.05) is 6.54 Å². The van der Waals surface area contributed by atoms with E-state index in [1.165, 1.54) is 16.5 Å². The van der Waals surface area contributed by atoms with Gasteiger partial charge >= 0.3 is 0 Å². The first-order chi connectivity index (χ1) is 15.7. The van der Waals surface area contributed by atoms with Crippen LogP contribution in [0.15, 0.2) is 54.6 Å². The minimum Gasteiger partial charge on any atom is -0.356 e. The number of aromatic nitrogens is 1. The lowest BCUT2D eigenvalue weighted by Crippen LogP contribution is -2.64. The van der Waals surface area contributed by atoms with E-state index in [2.05, 4.69) is 47.4 Å². The number of para-hydroxylation sites is 1. The van der Waals surface area contributed by atoms with Crippen LogP contribution in [0.1, 0.15) is 55.0 Å². The average molecular weight is 428 g/mol. The third-order valence-corrected chi connectivity index (χ3v) is 7.73. The van der Waals surface area contributed by atoms with E-state index in [4.69, 9.17) is 0 Å². The van der Waals surface area contributed by atoms with Crippen LogP contribution in [-0.4, -0.2) is 45.2 Å². The molecule has 0 bridgehead atoms. The molecule has 1 unspecified atom stereocenters. The molecule has 3 heterocycles. The second-order valence-corrected chi connectivity index (χ2v) is 9.53. The van der Waals surface area contributed by atoms with E-state index < -0.39 is 0 Å². The highest BCUT2D eigenvalue weighted by atomic mass is 16.2. The molecule has 2 atom stereocenters. The lowest BCUT2D eigenvalue weighted by atomic mass is 9.86. The molecule has 1 saturated carbocycles. The van der Waals surface area contributed by atoms with Gasteiger partial charge in [-0.05, 0) is 42.9 Å². The average Bonchev–Trinajstić information content (AvgIpc) is 3.48. The van der Waals surface area contributed by atoms with Gasteiger partial charge in [-0.1, -0.05) is 61.4 Å². The van der Waals surface area contributed by atoms with E-state index in [0.29, 0.717) is 6.42 Å². The van der Waals surface area contributed by atoms with Crippen molar-refractivity contribution in [3.05, 3.63) is 71.4 Å². The molecule has 1 aliphatic carbocycles. The monoisotopic (exact) mass is 427 g/mol. The molecule has 3 aliphatic rings. The molecule has 2 aromatic carbocycles. The fourth-order valence-electron chi connectivity index (χ4n) is 6.18. The van der Waals surface area contributed by atoms with Crippen LogP contribution in [0.2, 0.25) is 0 Å². The summed E-state index contributed by atoms with van der Waals surface area (Å²) in [6.45, 7) is 0.234. The van der Waals surface area contributed by atoms with Crippen molar-refractivity contribution in [2.45, 2.75) is 63.1 Å². The molecule has 2 amide bonds. The molecule has 0 spiro atoms. The van der Waals surface area contributed by atoms with Crippen LogP contribution in [-0.2, 0) is 22.4 Å². The summed E-state index contributed by atoms with van der Waals surface area (Å²) in [6, 6.07) is 18.5. The van der Waals surface area contributed by atoms with Gasteiger partial charge in [-0.15, -0.1) is 0 Å². The van der Waals surface area contributed by atoms with Gasteiger partial charge in [0.15, 0.2) is 0 Å². The van der Waals surface area contributed by atoms with E-state index in [0.717, 1.165) is 49.7 Å². The first-order valence-electron chi connectivity index (χ1n) is 12.0. The van der Waals surface area contributed by atoms with Gasteiger partial charge in [0.25, 0.3) is 0 Å². The van der Waals surface area contributed by atoms with Crippen LogP contribution in [0.5, 0.6) is 0 Å². The molecular weight excluding hydrogens is 398 g/mol. The number of hydrogen-bond donors (Lipinski definition) is 1. The van der Waals surface area contributed by atoms with Crippen LogP contribution >= 0.6 is 0 Å². The number of H-pyrrole nitrogens is 1. The van der Waals surface area contributed by atoms with Crippen molar-refractivity contribution in [1.29, 1.82) is 0 Å². The van der Waals surface area contributed by atoms with Gasteiger partial charge in [-0.25, -0.2) is 0 Å². The van der Waals surface area contributed by atoms with E-state index >= 15 is 0 Å². The number of hydrogen-bond acceptors (Lipinski definition) is 2. The summed E-state index contributed by atoms with van der Waals surface area (Å²) in [7, 11) is 0. The van der Waals surface area contributed by atoms with Crippen LogP contribution < -0.4 is 0 Å². The van der Waals surface area contributed by atoms with Gasteiger partial charge in [0.2, 0.25) is 11.8 Å². The van der Waals surface area contributed by atoms with Crippen molar-refractivity contribution >= 4 is 22.7 Å². The van der Waals surface area contributed by atoms with Crippen LogP contribution in [0.3, 0.4) is 0 Å². The highest BCUT2D eigenvalue weighted by Gasteiger charge is 2.48. The summed E-state index contributed by atoms with van der Waals surface area (Å²) in [5.74, 6) is 0.251. The predicted molar refractivity (Wildman–Crippen MR) is 124 cm³/mol. The number of fused-ring (bicyclic) bond motifs is 4. The minimum absolute atomic E-state index is 0.0986. The number of aromatic amines is 1. The van der Waals surface area contributed by atoms with Crippen LogP contribution in [0, 0.1) is 0 Å². The zero-order valence-electron chi connectivity index (χ0n) is 18.3. The van der Waals surface area contributed by atoms with Gasteiger partial charge in [-0.2, -0.15) is 0 Å². The SMILES string of the molecule is O=C1[C@H]2Cc3c([nH]c4ccccc34)C(CCc3ccccc3)N2C(=O)CN1C1CCCC1. The van der Waals surface area contributed by atoms with Gasteiger partial charge < -0.3 is 14.8 Å². The highest BCUT2D eigenvalue weighted by molar-refractivity contribution is 5.97. The molecule has 5 nitrogen and oxygen atoms in total. The summed E-state index contributed by atoms with van der Waals surface area (Å²) < 4.78 is 0. The molecule has 5 heteroatoms. The summed E-state index contributed by atoms with van der Waals surface area (Å²) in [4.78, 5) is 34.7. The maximum atomic E-state index is 13.7. The first kappa shape index (κ1) is 19.6. The van der Waals surface area contributed by atoms with Crippen molar-refractivity contribution in [3.63, 3.8) is 0 Å². The molecule has 2 aliphatic heterocycles. The smallest absolute Gasteiger partial charge is 0.246 e. The van der Waals surface area contributed by atoms with Crippen molar-refractivity contribution in [3.8, 4) is 0 Å². The topological polar surface area (TPSA) is 56.4 Å². The number of piperazine rings is 1. The normalized spacial score (nSPS) is 23.6. The van der Waals surface area contributed by atoms with Crippen LogP contribution in [0.25, 0.3) is 10.9 Å². The second-order valence-electron chi connectivity index (χ2n) is 9.53. The largest absolute Gasteiger partial charge is 0.356 e. The molecule has 3 aromatic rings. The zero-order chi connectivity index (χ0) is 21.7. The van der Waals surface area contributed by atoms with Gasteiger partial charge in [0, 0.05) is 29.1 Å². The Kier molecular flexibility index (Phi) is 4.78. The molecular formula is C27H29N3O2. The third-order valence-electron chi connectivity index (χ3n) is 7.73. The van der Waals surface area contributed by atoms with Gasteiger partial charge in [-0.3, -0.25) is 9.59 Å². The standard InChI is InChI=1S/C27H29N3O2/c31-25-17-29(19-10-4-5-11-19)27(32)24-16-21-20-12-6-7-13-22(20)28-26(21)23(30(24)25)15-14-18-8-2-1-3-9-18/h1-3,6-9,12-13,19,23-24,28H,4-5,10-11,14-17H2/t23?,24-/m1/s1. The minimum atomic E-state index is -0.385. The lowest BCUT2D eigenvalue weighted by molar-refractivity contribution is -0.162. The number of carbonyl (C=O) groups is 2. The maximum Gasteiger partial charge on any atom is 0.246 e. The van der Waals surface area contributed by atoms with E-state index in [9.17, 15) is 9.59 Å². The number of nitrogens with one attached hydrogen (secondary N) is 1. The Hall–Kier alpha value is -3.08. The van der Waals surface area contributed by atoms with E-state index in [1.54, 1.807) is 0 Å². The van der Waals surface area contributed by atoms with Gasteiger partial charge in [0.1, 0.15) is 12.6 Å². The Morgan fingerprint density at radius 3 is 2.50 bits per heavy atom. The summed E-state index contributed by atoms with van der Waals surface area (Å²) in [6.07, 6.45) is 6.66. The van der Waals surface area contributed by atoms with Crippen LogP contribution in [0.4, 0.5) is 0 Å².